The van der Waals surface area contributed by atoms with Gasteiger partial charge in [-0.25, -0.2) is 0 Å². The molecule has 0 bridgehead atoms. The maximum absolute atomic E-state index is 12.4. The Morgan fingerprint density at radius 1 is 1.00 bits per heavy atom. The van der Waals surface area contributed by atoms with Gasteiger partial charge in [-0.1, -0.05) is 11.6 Å². The van der Waals surface area contributed by atoms with Crippen LogP contribution in [-0.2, 0) is 0 Å². The molecule has 0 unspecified atom stereocenters. The van der Waals surface area contributed by atoms with Gasteiger partial charge in [-0.05, 0) is 55.8 Å². The second kappa shape index (κ2) is 5.61. The monoisotopic (exact) mass is 307 g/mol. The van der Waals surface area contributed by atoms with Crippen LogP contribution in [0, 0.1) is 13.8 Å². The SMILES string of the molecule is Cc1ccc2[nH]c(C(=O)NC(=O)c3ccc(N)cc3)c(C)c2c1. The van der Waals surface area contributed by atoms with Gasteiger partial charge in [0.05, 0.1) is 0 Å². The number of amides is 2. The highest BCUT2D eigenvalue weighted by Crippen LogP contribution is 2.22. The summed E-state index contributed by atoms with van der Waals surface area (Å²) in [5.74, 6) is -0.901. The lowest BCUT2D eigenvalue weighted by atomic mass is 10.1. The van der Waals surface area contributed by atoms with Crippen molar-refractivity contribution in [2.45, 2.75) is 13.8 Å². The Hall–Kier alpha value is -3.08. The standard InChI is InChI=1S/C18H17N3O2/c1-10-3-8-15-14(9-10)11(2)16(20-15)18(23)21-17(22)12-4-6-13(19)7-5-12/h3-9,20H,19H2,1-2H3,(H,21,22,23). The predicted octanol–water partition coefficient (Wildman–Crippen LogP) is 2.94. The number of anilines is 1. The molecule has 2 aromatic carbocycles. The molecule has 0 radical (unpaired) electrons. The number of aromatic amines is 1. The highest BCUT2D eigenvalue weighted by atomic mass is 16.2. The minimum atomic E-state index is -0.454. The number of nitrogen functional groups attached to an aromatic ring is 1. The number of nitrogens with one attached hydrogen (secondary N) is 2. The summed E-state index contributed by atoms with van der Waals surface area (Å²) in [6, 6.07) is 12.3. The summed E-state index contributed by atoms with van der Waals surface area (Å²) in [6.07, 6.45) is 0. The third kappa shape index (κ3) is 2.81. The molecular formula is C18H17N3O2. The van der Waals surface area contributed by atoms with Gasteiger partial charge in [-0.15, -0.1) is 0 Å². The van der Waals surface area contributed by atoms with E-state index in [4.69, 9.17) is 5.73 Å². The largest absolute Gasteiger partial charge is 0.399 e. The molecule has 1 aromatic heterocycles. The summed E-state index contributed by atoms with van der Waals surface area (Å²) in [5.41, 5.74) is 9.75. The molecule has 3 rings (SSSR count). The third-order valence-electron chi connectivity index (χ3n) is 3.84. The minimum absolute atomic E-state index is 0.386. The number of aromatic nitrogens is 1. The molecule has 0 fully saturated rings. The van der Waals surface area contributed by atoms with E-state index in [2.05, 4.69) is 10.3 Å². The molecular weight excluding hydrogens is 290 g/mol. The van der Waals surface area contributed by atoms with Crippen LogP contribution >= 0.6 is 0 Å². The van der Waals surface area contributed by atoms with E-state index < -0.39 is 11.8 Å². The maximum atomic E-state index is 12.4. The highest BCUT2D eigenvalue weighted by Gasteiger charge is 2.17. The molecule has 5 heteroatoms. The van der Waals surface area contributed by atoms with E-state index in [0.29, 0.717) is 16.9 Å². The lowest BCUT2D eigenvalue weighted by molar-refractivity contribution is 0.0846. The molecule has 4 N–H and O–H groups in total. The molecule has 3 aromatic rings. The number of imide groups is 1. The number of hydrogen-bond donors (Lipinski definition) is 3. The van der Waals surface area contributed by atoms with Crippen LogP contribution in [0.15, 0.2) is 42.5 Å². The van der Waals surface area contributed by atoms with Crippen molar-refractivity contribution >= 4 is 28.4 Å². The quantitative estimate of drug-likeness (QED) is 0.502. The van der Waals surface area contributed by atoms with Gasteiger partial charge in [0.15, 0.2) is 0 Å². The average molecular weight is 307 g/mol. The number of carbonyl (C=O) groups excluding carboxylic acids is 2. The van der Waals surface area contributed by atoms with Crippen molar-refractivity contribution in [1.82, 2.24) is 10.3 Å². The Balaban J connectivity index is 1.87. The van der Waals surface area contributed by atoms with Crippen molar-refractivity contribution in [2.75, 3.05) is 5.73 Å². The zero-order chi connectivity index (χ0) is 16.6. The van der Waals surface area contributed by atoms with E-state index >= 15 is 0 Å². The average Bonchev–Trinajstić information content (AvgIpc) is 2.85. The Morgan fingerprint density at radius 2 is 1.70 bits per heavy atom. The van der Waals surface area contributed by atoms with Crippen molar-refractivity contribution < 1.29 is 9.59 Å². The number of fused-ring (bicyclic) bond motifs is 1. The van der Waals surface area contributed by atoms with Gasteiger partial charge in [-0.2, -0.15) is 0 Å². The summed E-state index contributed by atoms with van der Waals surface area (Å²) in [5, 5.41) is 3.38. The number of rotatable bonds is 2. The zero-order valence-electron chi connectivity index (χ0n) is 12.9. The molecule has 116 valence electrons. The van der Waals surface area contributed by atoms with Crippen LogP contribution in [-0.4, -0.2) is 16.8 Å². The second-order valence-corrected chi connectivity index (χ2v) is 5.58. The van der Waals surface area contributed by atoms with Crippen LogP contribution in [0.2, 0.25) is 0 Å². The molecule has 0 saturated carbocycles. The van der Waals surface area contributed by atoms with Gasteiger partial charge in [0, 0.05) is 22.2 Å². The summed E-state index contributed by atoms with van der Waals surface area (Å²) in [6.45, 7) is 3.86. The molecule has 0 aliphatic heterocycles. The fourth-order valence-electron chi connectivity index (χ4n) is 2.54. The first-order valence-electron chi connectivity index (χ1n) is 7.26. The van der Waals surface area contributed by atoms with Crippen LogP contribution in [0.4, 0.5) is 5.69 Å². The van der Waals surface area contributed by atoms with Crippen LogP contribution in [0.25, 0.3) is 10.9 Å². The molecule has 0 saturated heterocycles. The summed E-state index contributed by atoms with van der Waals surface area (Å²) in [4.78, 5) is 27.6. The molecule has 0 aliphatic carbocycles. The highest BCUT2D eigenvalue weighted by molar-refractivity contribution is 6.12. The molecule has 23 heavy (non-hydrogen) atoms. The fraction of sp³-hybridized carbons (Fsp3) is 0.111. The Labute approximate surface area is 133 Å². The van der Waals surface area contributed by atoms with Crippen molar-refractivity contribution in [3.05, 3.63) is 64.8 Å². The Kier molecular flexibility index (Phi) is 3.62. The summed E-state index contributed by atoms with van der Waals surface area (Å²) >= 11 is 0. The molecule has 0 aliphatic rings. The molecule has 2 amide bonds. The Bertz CT molecular complexity index is 908. The van der Waals surface area contributed by atoms with Gasteiger partial charge in [0.25, 0.3) is 11.8 Å². The summed E-state index contributed by atoms with van der Waals surface area (Å²) < 4.78 is 0. The number of hydrogen-bond acceptors (Lipinski definition) is 3. The first-order valence-corrected chi connectivity index (χ1v) is 7.26. The van der Waals surface area contributed by atoms with Crippen molar-refractivity contribution in [3.63, 3.8) is 0 Å². The predicted molar refractivity (Wildman–Crippen MR) is 90.4 cm³/mol. The van der Waals surface area contributed by atoms with Crippen LogP contribution < -0.4 is 11.1 Å². The van der Waals surface area contributed by atoms with E-state index in [9.17, 15) is 9.59 Å². The van der Waals surface area contributed by atoms with Crippen molar-refractivity contribution in [2.24, 2.45) is 0 Å². The first kappa shape index (κ1) is 14.8. The number of benzene rings is 2. The smallest absolute Gasteiger partial charge is 0.274 e. The molecule has 0 atom stereocenters. The van der Waals surface area contributed by atoms with Crippen molar-refractivity contribution in [3.8, 4) is 0 Å². The Morgan fingerprint density at radius 3 is 2.39 bits per heavy atom. The van der Waals surface area contributed by atoms with E-state index in [1.807, 2.05) is 32.0 Å². The zero-order valence-corrected chi connectivity index (χ0v) is 12.9. The van der Waals surface area contributed by atoms with E-state index in [-0.39, 0.29) is 0 Å². The second-order valence-electron chi connectivity index (χ2n) is 5.58. The fourth-order valence-corrected chi connectivity index (χ4v) is 2.54. The normalized spacial score (nSPS) is 10.7. The number of nitrogens with two attached hydrogens (primary N) is 1. The molecule has 0 spiro atoms. The van der Waals surface area contributed by atoms with Crippen molar-refractivity contribution in [1.29, 1.82) is 0 Å². The minimum Gasteiger partial charge on any atom is -0.399 e. The first-order chi connectivity index (χ1) is 11.0. The van der Waals surface area contributed by atoms with Gasteiger partial charge in [-0.3, -0.25) is 14.9 Å². The number of carbonyl (C=O) groups is 2. The van der Waals surface area contributed by atoms with Crippen LogP contribution in [0.5, 0.6) is 0 Å². The summed E-state index contributed by atoms with van der Waals surface area (Å²) in [7, 11) is 0. The maximum Gasteiger partial charge on any atom is 0.274 e. The van der Waals surface area contributed by atoms with Gasteiger partial charge < -0.3 is 10.7 Å². The van der Waals surface area contributed by atoms with Crippen LogP contribution in [0.3, 0.4) is 0 Å². The third-order valence-corrected chi connectivity index (χ3v) is 3.84. The van der Waals surface area contributed by atoms with E-state index in [1.54, 1.807) is 24.3 Å². The van der Waals surface area contributed by atoms with Gasteiger partial charge >= 0.3 is 0 Å². The number of H-pyrrole nitrogens is 1. The molecule has 5 nitrogen and oxygen atoms in total. The van der Waals surface area contributed by atoms with E-state index in [0.717, 1.165) is 22.0 Å². The van der Waals surface area contributed by atoms with Gasteiger partial charge in [0.1, 0.15) is 5.69 Å². The molecule has 1 heterocycles. The van der Waals surface area contributed by atoms with E-state index in [1.165, 1.54) is 0 Å². The van der Waals surface area contributed by atoms with Crippen LogP contribution in [0.1, 0.15) is 32.0 Å². The number of aryl methyl sites for hydroxylation is 2. The lowest BCUT2D eigenvalue weighted by Gasteiger charge is -2.04. The topological polar surface area (TPSA) is 88.0 Å². The van der Waals surface area contributed by atoms with Gasteiger partial charge in [0.2, 0.25) is 0 Å². The lowest BCUT2D eigenvalue weighted by Crippen LogP contribution is -2.31.